The maximum atomic E-state index is 11.6. The third-order valence-electron chi connectivity index (χ3n) is 3.82. The first-order valence-corrected chi connectivity index (χ1v) is 8.69. The summed E-state index contributed by atoms with van der Waals surface area (Å²) in [6, 6.07) is 13.8. The number of aryl methyl sites for hydroxylation is 1. The van der Waals surface area contributed by atoms with Crippen molar-refractivity contribution in [1.29, 1.82) is 0 Å². The van der Waals surface area contributed by atoms with Crippen LogP contribution in [0.4, 0.5) is 5.13 Å². The predicted molar refractivity (Wildman–Crippen MR) is 99.1 cm³/mol. The van der Waals surface area contributed by atoms with Crippen LogP contribution in [0.2, 0.25) is 0 Å². The number of carboxylic acid groups (broad SMARTS) is 1. The summed E-state index contributed by atoms with van der Waals surface area (Å²) in [7, 11) is 0. The minimum absolute atomic E-state index is 0.159. The van der Waals surface area contributed by atoms with Gasteiger partial charge in [-0.05, 0) is 24.6 Å². The van der Waals surface area contributed by atoms with Crippen molar-refractivity contribution in [2.45, 2.75) is 19.4 Å². The van der Waals surface area contributed by atoms with E-state index in [-0.39, 0.29) is 5.75 Å². The van der Waals surface area contributed by atoms with Gasteiger partial charge >= 0.3 is 5.97 Å². The average molecular weight is 354 g/mol. The summed E-state index contributed by atoms with van der Waals surface area (Å²) in [5.74, 6) is -0.786. The van der Waals surface area contributed by atoms with E-state index < -0.39 is 12.0 Å². The number of nitrogens with one attached hydrogen (secondary N) is 1. The molecule has 25 heavy (non-hydrogen) atoms. The van der Waals surface area contributed by atoms with Crippen molar-refractivity contribution in [3.8, 4) is 17.0 Å². The normalized spacial score (nSPS) is 11.9. The topological polar surface area (TPSA) is 82.5 Å². The molecular formula is C19H18N2O3S. The molecule has 0 unspecified atom stereocenters. The van der Waals surface area contributed by atoms with E-state index in [1.165, 1.54) is 16.9 Å². The van der Waals surface area contributed by atoms with Crippen molar-refractivity contribution in [2.24, 2.45) is 0 Å². The molecule has 5 nitrogen and oxygen atoms in total. The van der Waals surface area contributed by atoms with E-state index in [2.05, 4.69) is 10.3 Å². The van der Waals surface area contributed by atoms with E-state index in [0.717, 1.165) is 16.8 Å². The van der Waals surface area contributed by atoms with Gasteiger partial charge in [-0.1, -0.05) is 42.0 Å². The number of benzene rings is 2. The van der Waals surface area contributed by atoms with Crippen LogP contribution in [-0.4, -0.2) is 27.2 Å². The fourth-order valence-electron chi connectivity index (χ4n) is 2.41. The molecule has 3 N–H and O–H groups in total. The second-order valence-corrected chi connectivity index (χ2v) is 6.67. The Balaban J connectivity index is 1.73. The van der Waals surface area contributed by atoms with E-state index in [0.29, 0.717) is 11.6 Å². The third-order valence-corrected chi connectivity index (χ3v) is 4.60. The lowest BCUT2D eigenvalue weighted by Crippen LogP contribution is -2.31. The van der Waals surface area contributed by atoms with Gasteiger partial charge in [-0.2, -0.15) is 0 Å². The first-order valence-electron chi connectivity index (χ1n) is 7.81. The van der Waals surface area contributed by atoms with E-state index >= 15 is 0 Å². The number of aliphatic carboxylic acids is 1. The summed E-state index contributed by atoms with van der Waals surface area (Å²) >= 11 is 1.38. The smallest absolute Gasteiger partial charge is 0.326 e. The molecule has 0 spiro atoms. The van der Waals surface area contributed by atoms with Crippen LogP contribution in [0.25, 0.3) is 11.3 Å². The van der Waals surface area contributed by atoms with Crippen LogP contribution < -0.4 is 5.32 Å². The number of phenols is 1. The Morgan fingerprint density at radius 2 is 1.84 bits per heavy atom. The predicted octanol–water partition coefficient (Wildman–Crippen LogP) is 3.93. The lowest BCUT2D eigenvalue weighted by atomic mass is 10.1. The first-order chi connectivity index (χ1) is 12.0. The Bertz CT molecular complexity index is 857. The Hall–Kier alpha value is -2.86. The van der Waals surface area contributed by atoms with Crippen LogP contribution in [0.15, 0.2) is 53.9 Å². The second-order valence-electron chi connectivity index (χ2n) is 5.81. The highest BCUT2D eigenvalue weighted by Gasteiger charge is 2.19. The molecule has 0 aliphatic carbocycles. The van der Waals surface area contributed by atoms with Crippen LogP contribution >= 0.6 is 11.3 Å². The van der Waals surface area contributed by atoms with Gasteiger partial charge < -0.3 is 15.5 Å². The number of anilines is 1. The van der Waals surface area contributed by atoms with Crippen LogP contribution in [0.3, 0.4) is 0 Å². The number of phenolic OH excluding ortho intramolecular Hbond substituents is 1. The lowest BCUT2D eigenvalue weighted by molar-refractivity contribution is -0.137. The molecule has 3 rings (SSSR count). The van der Waals surface area contributed by atoms with Gasteiger partial charge in [0.05, 0.1) is 5.69 Å². The number of rotatable bonds is 6. The zero-order valence-electron chi connectivity index (χ0n) is 13.6. The fourth-order valence-corrected chi connectivity index (χ4v) is 3.19. The first kappa shape index (κ1) is 17.0. The van der Waals surface area contributed by atoms with Crippen molar-refractivity contribution in [1.82, 2.24) is 4.98 Å². The Morgan fingerprint density at radius 3 is 2.48 bits per heavy atom. The van der Waals surface area contributed by atoms with Crippen molar-refractivity contribution >= 4 is 22.4 Å². The van der Waals surface area contributed by atoms with Gasteiger partial charge in [-0.25, -0.2) is 9.78 Å². The number of aromatic nitrogens is 1. The van der Waals surface area contributed by atoms with Crippen molar-refractivity contribution < 1.29 is 15.0 Å². The number of carbonyl (C=O) groups is 1. The summed E-state index contributed by atoms with van der Waals surface area (Å²) in [6.07, 6.45) is 0.301. The summed E-state index contributed by atoms with van der Waals surface area (Å²) in [4.78, 5) is 16.0. The molecule has 0 radical (unpaired) electrons. The average Bonchev–Trinajstić information content (AvgIpc) is 3.05. The van der Waals surface area contributed by atoms with Crippen LogP contribution in [-0.2, 0) is 11.2 Å². The van der Waals surface area contributed by atoms with E-state index in [4.69, 9.17) is 0 Å². The van der Waals surface area contributed by atoms with E-state index in [9.17, 15) is 15.0 Å². The summed E-state index contributed by atoms with van der Waals surface area (Å²) in [5, 5.41) is 24.3. The Kier molecular flexibility index (Phi) is 5.00. The van der Waals surface area contributed by atoms with E-state index in [1.54, 1.807) is 24.3 Å². The van der Waals surface area contributed by atoms with Gasteiger partial charge in [0.15, 0.2) is 5.13 Å². The van der Waals surface area contributed by atoms with Gasteiger partial charge in [0.1, 0.15) is 11.8 Å². The molecule has 128 valence electrons. The SMILES string of the molecule is Cc1ccc(-c2csc(N[C@@H](Cc3ccc(O)cc3)C(=O)O)n2)cc1. The molecule has 0 aliphatic heterocycles. The largest absolute Gasteiger partial charge is 0.508 e. The standard InChI is InChI=1S/C19H18N2O3S/c1-12-2-6-14(7-3-12)17-11-25-19(21-17)20-16(18(23)24)10-13-4-8-15(22)9-5-13/h2-9,11,16,22H,10H2,1H3,(H,20,21)(H,23,24)/t16-/m0/s1. The molecule has 0 aliphatic rings. The highest BCUT2D eigenvalue weighted by Crippen LogP contribution is 2.26. The molecule has 1 atom stereocenters. The molecular weight excluding hydrogens is 336 g/mol. The van der Waals surface area contributed by atoms with Gasteiger partial charge in [0, 0.05) is 17.4 Å². The molecule has 0 saturated carbocycles. The highest BCUT2D eigenvalue weighted by atomic mass is 32.1. The van der Waals surface area contributed by atoms with Crippen molar-refractivity contribution in [2.75, 3.05) is 5.32 Å². The molecule has 3 aromatic rings. The number of nitrogens with zero attached hydrogens (tertiary/aromatic N) is 1. The van der Waals surface area contributed by atoms with Gasteiger partial charge in [-0.15, -0.1) is 11.3 Å². The van der Waals surface area contributed by atoms with Gasteiger partial charge in [0.2, 0.25) is 0 Å². The maximum absolute atomic E-state index is 11.6. The van der Waals surface area contributed by atoms with Crippen molar-refractivity contribution in [3.05, 3.63) is 65.0 Å². The number of thiazole rings is 1. The summed E-state index contributed by atoms with van der Waals surface area (Å²) < 4.78 is 0. The number of carboxylic acids is 1. The van der Waals surface area contributed by atoms with E-state index in [1.807, 2.05) is 36.6 Å². The minimum Gasteiger partial charge on any atom is -0.508 e. The highest BCUT2D eigenvalue weighted by molar-refractivity contribution is 7.14. The second kappa shape index (κ2) is 7.36. The molecule has 1 heterocycles. The minimum atomic E-state index is -0.944. The number of aromatic hydroxyl groups is 1. The third kappa shape index (κ3) is 4.36. The molecule has 0 saturated heterocycles. The number of hydrogen-bond acceptors (Lipinski definition) is 5. The van der Waals surface area contributed by atoms with Gasteiger partial charge in [0.25, 0.3) is 0 Å². The Morgan fingerprint density at radius 1 is 1.16 bits per heavy atom. The fraction of sp³-hybridized carbons (Fsp3) is 0.158. The zero-order chi connectivity index (χ0) is 17.8. The quantitative estimate of drug-likeness (QED) is 0.625. The summed E-state index contributed by atoms with van der Waals surface area (Å²) in [6.45, 7) is 2.03. The maximum Gasteiger partial charge on any atom is 0.326 e. The summed E-state index contributed by atoms with van der Waals surface area (Å²) in [5.41, 5.74) is 3.83. The molecule has 2 aromatic carbocycles. The van der Waals surface area contributed by atoms with Gasteiger partial charge in [-0.3, -0.25) is 0 Å². The van der Waals surface area contributed by atoms with Crippen LogP contribution in [0.1, 0.15) is 11.1 Å². The lowest BCUT2D eigenvalue weighted by Gasteiger charge is -2.13. The number of hydrogen-bond donors (Lipinski definition) is 3. The molecule has 1 aromatic heterocycles. The van der Waals surface area contributed by atoms with Crippen LogP contribution in [0, 0.1) is 6.92 Å². The Labute approximate surface area is 149 Å². The zero-order valence-corrected chi connectivity index (χ0v) is 14.5. The van der Waals surface area contributed by atoms with Crippen LogP contribution in [0.5, 0.6) is 5.75 Å². The molecule has 6 heteroatoms. The monoisotopic (exact) mass is 354 g/mol. The molecule has 0 bridgehead atoms. The molecule has 0 fully saturated rings. The molecule has 0 amide bonds. The van der Waals surface area contributed by atoms with Crippen molar-refractivity contribution in [3.63, 3.8) is 0 Å².